The van der Waals surface area contributed by atoms with Crippen LogP contribution in [0.1, 0.15) is 11.3 Å². The topological polar surface area (TPSA) is 76.4 Å². The molecule has 0 spiro atoms. The van der Waals surface area contributed by atoms with Gasteiger partial charge in [0.05, 0.1) is 29.2 Å². The molecule has 3 rings (SSSR count). The van der Waals surface area contributed by atoms with Crippen molar-refractivity contribution in [1.82, 2.24) is 10.2 Å². The van der Waals surface area contributed by atoms with Gasteiger partial charge in [-0.05, 0) is 29.6 Å². The second-order valence-corrected chi connectivity index (χ2v) is 8.13. The summed E-state index contributed by atoms with van der Waals surface area (Å²) in [6.07, 6.45) is -0.198. The highest BCUT2D eigenvalue weighted by molar-refractivity contribution is 7.09. The molecule has 9 heteroatoms. The Morgan fingerprint density at radius 1 is 1.25 bits per heavy atom. The van der Waals surface area contributed by atoms with Crippen molar-refractivity contribution in [2.75, 3.05) is 24.5 Å². The number of nitriles is 1. The van der Waals surface area contributed by atoms with Crippen molar-refractivity contribution in [3.8, 4) is 6.07 Å². The van der Waals surface area contributed by atoms with Crippen molar-refractivity contribution in [2.24, 2.45) is 0 Å². The molecule has 1 atom stereocenters. The first-order valence-electron chi connectivity index (χ1n) is 8.66. The van der Waals surface area contributed by atoms with E-state index in [1.807, 2.05) is 28.5 Å². The van der Waals surface area contributed by atoms with Crippen molar-refractivity contribution >= 4 is 52.0 Å². The van der Waals surface area contributed by atoms with Crippen LogP contribution in [0.15, 0.2) is 35.7 Å². The third kappa shape index (κ3) is 4.76. The second kappa shape index (κ2) is 9.28. The van der Waals surface area contributed by atoms with E-state index in [9.17, 15) is 9.59 Å². The van der Waals surface area contributed by atoms with E-state index in [2.05, 4.69) is 5.32 Å². The molecular formula is C19H18Cl2N4O2S. The first-order chi connectivity index (χ1) is 13.5. The molecule has 2 amide bonds. The predicted octanol–water partition coefficient (Wildman–Crippen LogP) is 3.30. The van der Waals surface area contributed by atoms with Crippen molar-refractivity contribution in [3.05, 3.63) is 50.6 Å². The lowest BCUT2D eigenvalue weighted by Gasteiger charge is -2.41. The minimum absolute atomic E-state index is 0.186. The highest BCUT2D eigenvalue weighted by Crippen LogP contribution is 2.29. The van der Waals surface area contributed by atoms with E-state index in [0.717, 1.165) is 10.6 Å². The molecule has 2 heterocycles. The van der Waals surface area contributed by atoms with Gasteiger partial charge in [0.15, 0.2) is 0 Å². The Morgan fingerprint density at radius 2 is 2.07 bits per heavy atom. The molecule has 0 radical (unpaired) electrons. The molecule has 1 aliphatic rings. The third-order valence-electron chi connectivity index (χ3n) is 4.52. The van der Waals surface area contributed by atoms with E-state index in [4.69, 9.17) is 28.5 Å². The van der Waals surface area contributed by atoms with E-state index in [1.54, 1.807) is 34.4 Å². The van der Waals surface area contributed by atoms with Crippen LogP contribution in [0.2, 0.25) is 10.0 Å². The molecule has 0 unspecified atom stereocenters. The fraction of sp³-hybridized carbons (Fsp3) is 0.316. The van der Waals surface area contributed by atoms with Gasteiger partial charge in [-0.1, -0.05) is 29.3 Å². The maximum atomic E-state index is 12.9. The van der Waals surface area contributed by atoms with Crippen LogP contribution in [0.25, 0.3) is 0 Å². The van der Waals surface area contributed by atoms with Gasteiger partial charge in [-0.3, -0.25) is 9.59 Å². The number of nitrogens with zero attached hydrogens (tertiary/aromatic N) is 3. The standard InChI is InChI=1S/C19H18Cl2N4O2S/c20-15-4-3-13(10-16(15)21)25-8-7-24(18(26)5-6-22)12-17(25)19(27)23-11-14-2-1-9-28-14/h1-4,9-10,17H,5,7-8,11-12H2,(H,23,27)/t17-/m0/s1. The first-order valence-corrected chi connectivity index (χ1v) is 10.3. The molecule has 28 heavy (non-hydrogen) atoms. The van der Waals surface area contributed by atoms with E-state index in [1.165, 1.54) is 0 Å². The molecule has 146 valence electrons. The molecule has 0 aliphatic carbocycles. The van der Waals surface area contributed by atoms with Crippen LogP contribution in [0.5, 0.6) is 0 Å². The highest BCUT2D eigenvalue weighted by atomic mass is 35.5. The van der Waals surface area contributed by atoms with Crippen molar-refractivity contribution < 1.29 is 9.59 Å². The van der Waals surface area contributed by atoms with Gasteiger partial charge in [-0.25, -0.2) is 0 Å². The van der Waals surface area contributed by atoms with Gasteiger partial charge in [0.1, 0.15) is 12.5 Å². The lowest BCUT2D eigenvalue weighted by atomic mass is 10.1. The number of piperazine rings is 1. The fourth-order valence-electron chi connectivity index (χ4n) is 3.09. The number of rotatable bonds is 5. The van der Waals surface area contributed by atoms with Gasteiger partial charge in [0.25, 0.3) is 0 Å². The lowest BCUT2D eigenvalue weighted by Crippen LogP contribution is -2.60. The maximum Gasteiger partial charge on any atom is 0.244 e. The molecule has 1 saturated heterocycles. The summed E-state index contributed by atoms with van der Waals surface area (Å²) in [5, 5.41) is 14.5. The quantitative estimate of drug-likeness (QED) is 0.779. The van der Waals surface area contributed by atoms with Gasteiger partial charge in [0.2, 0.25) is 11.8 Å². The minimum atomic E-state index is -0.589. The van der Waals surface area contributed by atoms with Gasteiger partial charge >= 0.3 is 0 Å². The van der Waals surface area contributed by atoms with Crippen LogP contribution in [0.3, 0.4) is 0 Å². The summed E-state index contributed by atoms with van der Waals surface area (Å²) < 4.78 is 0. The number of halogens is 2. The Hall–Kier alpha value is -2.27. The molecule has 2 aromatic rings. The molecule has 1 aromatic carbocycles. The number of carbonyl (C=O) groups is 2. The smallest absolute Gasteiger partial charge is 0.244 e. The summed E-state index contributed by atoms with van der Waals surface area (Å²) in [4.78, 5) is 29.6. The van der Waals surface area contributed by atoms with Crippen LogP contribution < -0.4 is 10.2 Å². The Balaban J connectivity index is 1.80. The molecule has 1 aromatic heterocycles. The third-order valence-corrected chi connectivity index (χ3v) is 6.13. The zero-order valence-corrected chi connectivity index (χ0v) is 17.2. The normalized spacial score (nSPS) is 16.5. The Labute approximate surface area is 177 Å². The van der Waals surface area contributed by atoms with Gasteiger partial charge in [-0.2, -0.15) is 5.26 Å². The van der Waals surface area contributed by atoms with Crippen molar-refractivity contribution in [3.63, 3.8) is 0 Å². The summed E-state index contributed by atoms with van der Waals surface area (Å²) >= 11 is 13.7. The molecule has 6 nitrogen and oxygen atoms in total. The Bertz CT molecular complexity index is 898. The molecule has 0 saturated carbocycles. The number of nitrogens with one attached hydrogen (secondary N) is 1. The molecule has 1 N–H and O–H groups in total. The van der Waals surface area contributed by atoms with Crippen LogP contribution in [-0.2, 0) is 16.1 Å². The SMILES string of the molecule is N#CCC(=O)N1CCN(c2ccc(Cl)c(Cl)c2)[C@H](C(=O)NCc2cccs2)C1. The average Bonchev–Trinajstić information content (AvgIpc) is 3.21. The number of anilines is 1. The Kier molecular flexibility index (Phi) is 6.79. The van der Waals surface area contributed by atoms with Gasteiger partial charge in [-0.15, -0.1) is 11.3 Å². The van der Waals surface area contributed by atoms with Crippen molar-refractivity contribution in [1.29, 1.82) is 5.26 Å². The van der Waals surface area contributed by atoms with E-state index in [0.29, 0.717) is 29.7 Å². The second-order valence-electron chi connectivity index (χ2n) is 6.28. The number of amides is 2. The Morgan fingerprint density at radius 3 is 2.75 bits per heavy atom. The van der Waals surface area contributed by atoms with Gasteiger partial charge < -0.3 is 15.1 Å². The highest BCUT2D eigenvalue weighted by Gasteiger charge is 2.34. The minimum Gasteiger partial charge on any atom is -0.356 e. The average molecular weight is 437 g/mol. The van der Waals surface area contributed by atoms with Crippen LogP contribution >= 0.6 is 34.5 Å². The largest absolute Gasteiger partial charge is 0.356 e. The predicted molar refractivity (Wildman–Crippen MR) is 111 cm³/mol. The molecular weight excluding hydrogens is 419 g/mol. The monoisotopic (exact) mass is 436 g/mol. The number of thiophene rings is 1. The number of hydrogen-bond acceptors (Lipinski definition) is 5. The van der Waals surface area contributed by atoms with E-state index >= 15 is 0 Å². The van der Waals surface area contributed by atoms with Crippen LogP contribution in [0.4, 0.5) is 5.69 Å². The van der Waals surface area contributed by atoms with Crippen molar-refractivity contribution in [2.45, 2.75) is 19.0 Å². The van der Waals surface area contributed by atoms with E-state index < -0.39 is 6.04 Å². The molecule has 0 bridgehead atoms. The first kappa shape index (κ1) is 20.5. The number of hydrogen-bond donors (Lipinski definition) is 1. The summed E-state index contributed by atoms with van der Waals surface area (Å²) in [5.41, 5.74) is 0.762. The lowest BCUT2D eigenvalue weighted by molar-refractivity contribution is -0.132. The van der Waals surface area contributed by atoms with E-state index in [-0.39, 0.29) is 24.8 Å². The summed E-state index contributed by atoms with van der Waals surface area (Å²) in [6, 6.07) is 10.4. The fourth-order valence-corrected chi connectivity index (χ4v) is 4.03. The summed E-state index contributed by atoms with van der Waals surface area (Å²) in [5.74, 6) is -0.457. The van der Waals surface area contributed by atoms with Crippen LogP contribution in [-0.4, -0.2) is 42.4 Å². The molecule has 1 aliphatic heterocycles. The number of benzene rings is 1. The zero-order valence-electron chi connectivity index (χ0n) is 14.9. The van der Waals surface area contributed by atoms with Gasteiger partial charge in [0, 0.05) is 23.7 Å². The zero-order chi connectivity index (χ0) is 20.1. The molecule has 1 fully saturated rings. The summed E-state index contributed by atoms with van der Waals surface area (Å²) in [7, 11) is 0. The number of carbonyl (C=O) groups excluding carboxylic acids is 2. The summed E-state index contributed by atoms with van der Waals surface area (Å²) in [6.45, 7) is 1.51. The maximum absolute atomic E-state index is 12.9. The van der Waals surface area contributed by atoms with Crippen LogP contribution in [0, 0.1) is 11.3 Å².